The number of esters is 1. The molecule has 0 bridgehead atoms. The molecule has 1 aromatic rings. The molecule has 0 spiro atoms. The second kappa shape index (κ2) is 16.9. The summed E-state index contributed by atoms with van der Waals surface area (Å²) < 4.78 is 44.2. The van der Waals surface area contributed by atoms with Gasteiger partial charge in [-0.15, -0.1) is 13.2 Å². The van der Waals surface area contributed by atoms with E-state index in [-0.39, 0.29) is 51.9 Å². The smallest absolute Gasteiger partial charge is 0.408 e. The molecule has 0 radical (unpaired) electrons. The molecular weight excluding hydrogens is 690 g/mol. The number of alkyl carbamates (subject to hydrolysis) is 1. The van der Waals surface area contributed by atoms with Crippen molar-refractivity contribution < 1.29 is 51.5 Å². The first-order valence-corrected chi connectivity index (χ1v) is 17.7. The molecule has 1 saturated heterocycles. The van der Waals surface area contributed by atoms with Crippen LogP contribution < -0.4 is 10.6 Å². The van der Waals surface area contributed by atoms with Crippen molar-refractivity contribution in [1.29, 1.82) is 0 Å². The summed E-state index contributed by atoms with van der Waals surface area (Å²) in [5.41, 5.74) is -3.04. The standard InChI is InChI=1S/C33H45N5O12S/c1-7-10-16-36(51(46,47)27-14-12-11-13-25(27)38(44)45)17-15-24(34-31(43)50-32(4,5)6)29(41)37-20-23(49-21-39)18-26(37)28(40)35-33(19-22(33)8-2)30(42)48-9-3/h7-8,11-14,21-24,26H,1-2,9-10,15-20H2,3-6H3,(H,34,43)(H,35,40)/t22-,23-,24+,26+,33-/m1/s1. The fourth-order valence-corrected chi connectivity index (χ4v) is 7.39. The molecule has 1 aromatic carbocycles. The lowest BCUT2D eigenvalue weighted by Crippen LogP contribution is -2.57. The van der Waals surface area contributed by atoms with Crippen LogP contribution in [0.4, 0.5) is 10.5 Å². The van der Waals surface area contributed by atoms with Crippen LogP contribution in [0.25, 0.3) is 0 Å². The largest absolute Gasteiger partial charge is 0.464 e. The van der Waals surface area contributed by atoms with E-state index in [4.69, 9.17) is 14.2 Å². The molecule has 0 aromatic heterocycles. The fourth-order valence-electron chi connectivity index (χ4n) is 5.76. The maximum atomic E-state index is 14.3. The summed E-state index contributed by atoms with van der Waals surface area (Å²) >= 11 is 0. The minimum absolute atomic E-state index is 0.0543. The van der Waals surface area contributed by atoms with Gasteiger partial charge in [0.25, 0.3) is 12.2 Å². The van der Waals surface area contributed by atoms with Crippen LogP contribution in [0, 0.1) is 16.0 Å². The molecule has 3 amide bonds. The Morgan fingerprint density at radius 2 is 1.88 bits per heavy atom. The van der Waals surface area contributed by atoms with Gasteiger partial charge in [-0.05, 0) is 53.0 Å². The van der Waals surface area contributed by atoms with Gasteiger partial charge in [0, 0.05) is 31.5 Å². The van der Waals surface area contributed by atoms with Gasteiger partial charge in [-0.2, -0.15) is 4.31 Å². The lowest BCUT2D eigenvalue weighted by molar-refractivity contribution is -0.387. The molecule has 280 valence electrons. The third-order valence-corrected chi connectivity index (χ3v) is 10.2. The molecule has 1 heterocycles. The number of nitrogens with zero attached hydrogens (tertiary/aromatic N) is 3. The molecule has 1 aliphatic heterocycles. The summed E-state index contributed by atoms with van der Waals surface area (Å²) in [6.07, 6.45) is 0.844. The number of likely N-dealkylation sites (tertiary alicyclic amines) is 1. The Labute approximate surface area is 296 Å². The normalized spacial score (nSPS) is 21.9. The van der Waals surface area contributed by atoms with E-state index in [0.717, 1.165) is 21.3 Å². The van der Waals surface area contributed by atoms with E-state index in [0.29, 0.717) is 0 Å². The average molecular weight is 736 g/mol. The van der Waals surface area contributed by atoms with Gasteiger partial charge in [-0.25, -0.2) is 18.0 Å². The van der Waals surface area contributed by atoms with Gasteiger partial charge in [0.2, 0.25) is 21.8 Å². The van der Waals surface area contributed by atoms with Gasteiger partial charge in [-0.3, -0.25) is 24.5 Å². The molecule has 1 aliphatic carbocycles. The Balaban J connectivity index is 1.98. The van der Waals surface area contributed by atoms with E-state index in [2.05, 4.69) is 23.8 Å². The molecular formula is C33H45N5O12S. The summed E-state index contributed by atoms with van der Waals surface area (Å²) in [5, 5.41) is 16.9. The van der Waals surface area contributed by atoms with Crippen LogP contribution in [0.15, 0.2) is 54.5 Å². The van der Waals surface area contributed by atoms with Crippen LogP contribution >= 0.6 is 0 Å². The van der Waals surface area contributed by atoms with Crippen molar-refractivity contribution in [2.24, 2.45) is 5.92 Å². The van der Waals surface area contributed by atoms with Crippen molar-refractivity contribution in [2.75, 3.05) is 26.2 Å². The van der Waals surface area contributed by atoms with Gasteiger partial charge in [-0.1, -0.05) is 24.3 Å². The molecule has 3 rings (SSSR count). The molecule has 2 fully saturated rings. The first-order valence-electron chi connectivity index (χ1n) is 16.3. The Bertz CT molecular complexity index is 1630. The number of amides is 3. The highest BCUT2D eigenvalue weighted by Gasteiger charge is 2.62. The number of para-hydroxylation sites is 1. The predicted molar refractivity (Wildman–Crippen MR) is 181 cm³/mol. The van der Waals surface area contributed by atoms with E-state index in [1.165, 1.54) is 24.3 Å². The number of sulfonamides is 1. The van der Waals surface area contributed by atoms with Crippen molar-refractivity contribution in [3.8, 4) is 0 Å². The van der Waals surface area contributed by atoms with E-state index in [9.17, 15) is 42.5 Å². The highest BCUT2D eigenvalue weighted by molar-refractivity contribution is 7.89. The number of benzene rings is 1. The summed E-state index contributed by atoms with van der Waals surface area (Å²) in [6.45, 7) is 13.1. The topological polar surface area (TPSA) is 221 Å². The zero-order chi connectivity index (χ0) is 38.1. The molecule has 0 unspecified atom stereocenters. The van der Waals surface area contributed by atoms with Crippen molar-refractivity contribution in [3.05, 3.63) is 59.7 Å². The number of rotatable bonds is 18. The van der Waals surface area contributed by atoms with Crippen LogP contribution in [0.2, 0.25) is 0 Å². The highest BCUT2D eigenvalue weighted by Crippen LogP contribution is 2.45. The lowest BCUT2D eigenvalue weighted by Gasteiger charge is -2.31. The molecule has 5 atom stereocenters. The Morgan fingerprint density at radius 1 is 1.20 bits per heavy atom. The maximum Gasteiger partial charge on any atom is 0.408 e. The van der Waals surface area contributed by atoms with E-state index in [1.807, 2.05) is 0 Å². The number of carbonyl (C=O) groups excluding carboxylic acids is 5. The first-order chi connectivity index (χ1) is 23.9. The van der Waals surface area contributed by atoms with Crippen molar-refractivity contribution in [2.45, 2.75) is 87.6 Å². The van der Waals surface area contributed by atoms with E-state index < -0.39 is 91.2 Å². The summed E-state index contributed by atoms with van der Waals surface area (Å²) in [5.74, 6) is -2.70. The molecule has 51 heavy (non-hydrogen) atoms. The number of nitrogens with one attached hydrogen (secondary N) is 2. The molecule has 1 saturated carbocycles. The van der Waals surface area contributed by atoms with Gasteiger partial charge < -0.3 is 29.7 Å². The molecule has 17 nitrogen and oxygen atoms in total. The third-order valence-electron chi connectivity index (χ3n) is 8.30. The second-order valence-electron chi connectivity index (χ2n) is 13.0. The predicted octanol–water partition coefficient (Wildman–Crippen LogP) is 2.21. The van der Waals surface area contributed by atoms with Crippen LogP contribution in [-0.4, -0.2) is 108 Å². The second-order valence-corrected chi connectivity index (χ2v) is 14.9. The number of nitro groups is 1. The minimum atomic E-state index is -4.52. The van der Waals surface area contributed by atoms with Gasteiger partial charge in [0.1, 0.15) is 29.3 Å². The van der Waals surface area contributed by atoms with Crippen LogP contribution in [-0.2, 0) is 43.4 Å². The van der Waals surface area contributed by atoms with Crippen molar-refractivity contribution in [1.82, 2.24) is 19.8 Å². The quantitative estimate of drug-likeness (QED) is 0.0554. The third kappa shape index (κ3) is 9.90. The maximum absolute atomic E-state index is 14.3. The number of hydrogen-bond acceptors (Lipinski definition) is 12. The molecule has 18 heteroatoms. The molecule has 2 aliphatic rings. The van der Waals surface area contributed by atoms with E-state index in [1.54, 1.807) is 27.7 Å². The Morgan fingerprint density at radius 3 is 2.45 bits per heavy atom. The highest BCUT2D eigenvalue weighted by atomic mass is 32.2. The zero-order valence-electron chi connectivity index (χ0n) is 29.1. The number of ether oxygens (including phenoxy) is 3. The summed E-state index contributed by atoms with van der Waals surface area (Å²) in [7, 11) is -4.52. The summed E-state index contributed by atoms with van der Waals surface area (Å²) in [4.78, 5) is 76.6. The summed E-state index contributed by atoms with van der Waals surface area (Å²) in [6, 6.07) is 2.02. The van der Waals surface area contributed by atoms with Crippen LogP contribution in [0.1, 0.15) is 53.4 Å². The lowest BCUT2D eigenvalue weighted by atomic mass is 10.1. The Kier molecular flexibility index (Phi) is 13.5. The number of carbonyl (C=O) groups is 5. The Hall–Kier alpha value is -4.84. The van der Waals surface area contributed by atoms with Crippen LogP contribution in [0.3, 0.4) is 0 Å². The first kappa shape index (κ1) is 40.6. The number of nitro benzene ring substituents is 1. The van der Waals surface area contributed by atoms with Gasteiger partial charge >= 0.3 is 12.1 Å². The molecule has 2 N–H and O–H groups in total. The fraction of sp³-hybridized carbons (Fsp3) is 0.545. The monoisotopic (exact) mass is 735 g/mol. The van der Waals surface area contributed by atoms with Gasteiger partial charge in [0.15, 0.2) is 4.90 Å². The van der Waals surface area contributed by atoms with Gasteiger partial charge in [0.05, 0.1) is 18.1 Å². The minimum Gasteiger partial charge on any atom is -0.464 e. The number of hydrogen-bond donors (Lipinski definition) is 2. The average Bonchev–Trinajstić information content (AvgIpc) is 3.61. The van der Waals surface area contributed by atoms with Crippen molar-refractivity contribution in [3.63, 3.8) is 0 Å². The van der Waals surface area contributed by atoms with E-state index >= 15 is 0 Å². The van der Waals surface area contributed by atoms with Crippen LogP contribution in [0.5, 0.6) is 0 Å². The SMILES string of the molecule is C=CCCN(CC[C@H](NC(=O)OC(C)(C)C)C(=O)N1C[C@H](OC=O)C[C@H]1C(=O)N[C@]1(C(=O)OCC)C[C@H]1C=C)S(=O)(=O)c1ccccc1[N+](=O)[O-]. The van der Waals surface area contributed by atoms with Crippen molar-refractivity contribution >= 4 is 46.1 Å². The zero-order valence-corrected chi connectivity index (χ0v) is 29.9.